The third kappa shape index (κ3) is 5.96. The zero-order valence-corrected chi connectivity index (χ0v) is 19.5. The summed E-state index contributed by atoms with van der Waals surface area (Å²) in [5.41, 5.74) is 2.40. The Bertz CT molecular complexity index is 1050. The van der Waals surface area contributed by atoms with Gasteiger partial charge in [-0.2, -0.15) is 13.2 Å². The third-order valence-corrected chi connectivity index (χ3v) is 6.86. The molecule has 1 atom stereocenters. The molecule has 1 aliphatic rings. The number of benzene rings is 2. The molecule has 5 nitrogen and oxygen atoms in total. The van der Waals surface area contributed by atoms with E-state index in [4.69, 9.17) is 4.74 Å². The lowest BCUT2D eigenvalue weighted by atomic mass is 10.1. The molecule has 2 heterocycles. The summed E-state index contributed by atoms with van der Waals surface area (Å²) in [6.07, 6.45) is -3.55. The number of aryl methyl sites for hydroxylation is 1. The van der Waals surface area contributed by atoms with Crippen molar-refractivity contribution in [2.75, 3.05) is 32.0 Å². The second-order valence-corrected chi connectivity index (χ2v) is 9.28. The van der Waals surface area contributed by atoms with E-state index in [1.54, 1.807) is 11.8 Å². The van der Waals surface area contributed by atoms with Gasteiger partial charge in [-0.15, -0.1) is 10.2 Å². The Hall–Kier alpha value is -2.36. The van der Waals surface area contributed by atoms with Crippen LogP contribution in [0.4, 0.5) is 13.2 Å². The van der Waals surface area contributed by atoms with Crippen LogP contribution in [0.1, 0.15) is 29.2 Å². The molecule has 176 valence electrons. The van der Waals surface area contributed by atoms with Gasteiger partial charge in [-0.1, -0.05) is 53.7 Å². The Labute approximate surface area is 196 Å². The van der Waals surface area contributed by atoms with Crippen molar-refractivity contribution in [2.24, 2.45) is 7.05 Å². The molecule has 9 heteroatoms. The quantitative estimate of drug-likeness (QED) is 0.339. The van der Waals surface area contributed by atoms with Crippen molar-refractivity contribution in [1.29, 1.82) is 0 Å². The first-order chi connectivity index (χ1) is 15.8. The molecule has 0 aliphatic carbocycles. The van der Waals surface area contributed by atoms with Crippen molar-refractivity contribution in [1.82, 2.24) is 19.7 Å². The van der Waals surface area contributed by atoms with Crippen LogP contribution in [0.2, 0.25) is 0 Å². The minimum absolute atomic E-state index is 0.204. The van der Waals surface area contributed by atoms with Crippen LogP contribution in [0.15, 0.2) is 53.7 Å². The van der Waals surface area contributed by atoms with Crippen molar-refractivity contribution in [3.63, 3.8) is 0 Å². The summed E-state index contributed by atoms with van der Waals surface area (Å²) < 4.78 is 46.2. The van der Waals surface area contributed by atoms with Crippen LogP contribution in [-0.2, 0) is 18.0 Å². The molecule has 1 unspecified atom stereocenters. The van der Waals surface area contributed by atoms with Gasteiger partial charge in [0.2, 0.25) is 0 Å². The van der Waals surface area contributed by atoms with Crippen LogP contribution in [0.25, 0.3) is 11.4 Å². The fourth-order valence-electron chi connectivity index (χ4n) is 3.84. The van der Waals surface area contributed by atoms with Gasteiger partial charge >= 0.3 is 6.18 Å². The molecule has 0 radical (unpaired) electrons. The number of morpholine rings is 1. The van der Waals surface area contributed by atoms with Crippen LogP contribution in [0.3, 0.4) is 0 Å². The predicted octanol–water partition coefficient (Wildman–Crippen LogP) is 5.37. The highest BCUT2D eigenvalue weighted by atomic mass is 32.2. The van der Waals surface area contributed by atoms with Crippen LogP contribution < -0.4 is 0 Å². The summed E-state index contributed by atoms with van der Waals surface area (Å²) in [4.78, 5) is 2.31. The Morgan fingerprint density at radius 2 is 1.79 bits per heavy atom. The number of hydrogen-bond acceptors (Lipinski definition) is 5. The number of nitrogens with zero attached hydrogens (tertiary/aromatic N) is 4. The molecule has 0 spiro atoms. The highest BCUT2D eigenvalue weighted by molar-refractivity contribution is 7.99. The molecule has 0 saturated carbocycles. The van der Waals surface area contributed by atoms with E-state index in [1.807, 2.05) is 11.6 Å². The summed E-state index contributed by atoms with van der Waals surface area (Å²) in [5.74, 6) is 1.76. The summed E-state index contributed by atoms with van der Waals surface area (Å²) in [6.45, 7) is 5.03. The topological polar surface area (TPSA) is 43.2 Å². The fourth-order valence-corrected chi connectivity index (χ4v) is 4.67. The van der Waals surface area contributed by atoms with Crippen LogP contribution in [0.5, 0.6) is 0 Å². The van der Waals surface area contributed by atoms with Crippen LogP contribution in [0, 0.1) is 6.92 Å². The standard InChI is InChI=1S/C24H27F3N4OS/c1-17-4-6-19(7-5-17)22-28-29-23(30(22)2)33-15-3-12-31-13-14-32-21(16-31)18-8-10-20(11-9-18)24(25,26)27/h4-11,21H,3,12-16H2,1-2H3. The highest BCUT2D eigenvalue weighted by Gasteiger charge is 2.30. The van der Waals surface area contributed by atoms with E-state index in [9.17, 15) is 13.2 Å². The van der Waals surface area contributed by atoms with E-state index >= 15 is 0 Å². The molecular weight excluding hydrogens is 449 g/mol. The molecule has 2 aromatic carbocycles. The van der Waals surface area contributed by atoms with Gasteiger partial charge in [0.25, 0.3) is 0 Å². The maximum absolute atomic E-state index is 12.8. The average Bonchev–Trinajstić information content (AvgIpc) is 3.17. The van der Waals surface area contributed by atoms with Gasteiger partial charge in [-0.05, 0) is 37.6 Å². The Kier molecular flexibility index (Phi) is 7.41. The highest BCUT2D eigenvalue weighted by Crippen LogP contribution is 2.31. The number of hydrogen-bond donors (Lipinski definition) is 0. The third-order valence-electron chi connectivity index (χ3n) is 5.75. The van der Waals surface area contributed by atoms with Gasteiger partial charge in [-0.3, -0.25) is 4.90 Å². The maximum atomic E-state index is 12.8. The van der Waals surface area contributed by atoms with Crippen molar-refractivity contribution >= 4 is 11.8 Å². The lowest BCUT2D eigenvalue weighted by Gasteiger charge is -2.33. The number of halogens is 3. The second-order valence-electron chi connectivity index (χ2n) is 8.21. The molecule has 0 bridgehead atoms. The van der Waals surface area contributed by atoms with Gasteiger partial charge in [-0.25, -0.2) is 0 Å². The van der Waals surface area contributed by atoms with Gasteiger partial charge in [0, 0.05) is 31.5 Å². The van der Waals surface area contributed by atoms with Crippen molar-refractivity contribution in [3.05, 3.63) is 65.2 Å². The number of ether oxygens (including phenoxy) is 1. The second kappa shape index (κ2) is 10.3. The van der Waals surface area contributed by atoms with Gasteiger partial charge < -0.3 is 9.30 Å². The lowest BCUT2D eigenvalue weighted by Crippen LogP contribution is -2.39. The molecule has 4 rings (SSSR count). The Balaban J connectivity index is 1.26. The molecule has 3 aromatic rings. The van der Waals surface area contributed by atoms with E-state index in [2.05, 4.69) is 46.3 Å². The first kappa shape index (κ1) is 23.8. The number of aromatic nitrogens is 3. The number of thioether (sulfide) groups is 1. The average molecular weight is 477 g/mol. The molecule has 1 saturated heterocycles. The van der Waals surface area contributed by atoms with Crippen molar-refractivity contribution in [3.8, 4) is 11.4 Å². The van der Waals surface area contributed by atoms with Crippen LogP contribution in [-0.4, -0.2) is 51.7 Å². The van der Waals surface area contributed by atoms with E-state index in [0.717, 1.165) is 59.5 Å². The molecule has 1 aliphatic heterocycles. The Morgan fingerprint density at radius 1 is 1.06 bits per heavy atom. The van der Waals surface area contributed by atoms with Crippen LogP contribution >= 0.6 is 11.8 Å². The molecular formula is C24H27F3N4OS. The van der Waals surface area contributed by atoms with E-state index in [0.29, 0.717) is 13.2 Å². The SMILES string of the molecule is Cc1ccc(-c2nnc(SCCCN3CCOC(c4ccc(C(F)(F)F)cc4)C3)n2C)cc1. The first-order valence-corrected chi connectivity index (χ1v) is 11.9. The Morgan fingerprint density at radius 3 is 2.48 bits per heavy atom. The predicted molar refractivity (Wildman–Crippen MR) is 123 cm³/mol. The monoisotopic (exact) mass is 476 g/mol. The molecule has 1 aromatic heterocycles. The molecule has 0 amide bonds. The summed E-state index contributed by atoms with van der Waals surface area (Å²) in [6, 6.07) is 13.5. The number of alkyl halides is 3. The first-order valence-electron chi connectivity index (χ1n) is 10.9. The van der Waals surface area contributed by atoms with E-state index in [1.165, 1.54) is 17.7 Å². The van der Waals surface area contributed by atoms with E-state index in [-0.39, 0.29) is 6.10 Å². The summed E-state index contributed by atoms with van der Waals surface area (Å²) in [5, 5.41) is 9.57. The largest absolute Gasteiger partial charge is 0.416 e. The maximum Gasteiger partial charge on any atom is 0.416 e. The lowest BCUT2D eigenvalue weighted by molar-refractivity contribution is -0.137. The smallest absolute Gasteiger partial charge is 0.371 e. The van der Waals surface area contributed by atoms with Gasteiger partial charge in [0.1, 0.15) is 0 Å². The minimum Gasteiger partial charge on any atom is -0.371 e. The number of rotatable bonds is 7. The van der Waals surface area contributed by atoms with E-state index < -0.39 is 11.7 Å². The summed E-state index contributed by atoms with van der Waals surface area (Å²) >= 11 is 1.68. The molecule has 33 heavy (non-hydrogen) atoms. The van der Waals surface area contributed by atoms with Gasteiger partial charge in [0.05, 0.1) is 18.3 Å². The molecule has 0 N–H and O–H groups in total. The fraction of sp³-hybridized carbons (Fsp3) is 0.417. The zero-order chi connectivity index (χ0) is 23.4. The van der Waals surface area contributed by atoms with Crippen molar-refractivity contribution in [2.45, 2.75) is 30.8 Å². The zero-order valence-electron chi connectivity index (χ0n) is 18.7. The normalized spacial score (nSPS) is 17.4. The minimum atomic E-state index is -4.32. The summed E-state index contributed by atoms with van der Waals surface area (Å²) in [7, 11) is 1.98. The van der Waals surface area contributed by atoms with Gasteiger partial charge in [0.15, 0.2) is 11.0 Å². The van der Waals surface area contributed by atoms with Crippen molar-refractivity contribution < 1.29 is 17.9 Å². The molecule has 1 fully saturated rings.